The van der Waals surface area contributed by atoms with Gasteiger partial charge in [0.1, 0.15) is 0 Å². The lowest BCUT2D eigenvalue weighted by Crippen LogP contribution is -2.34. The Morgan fingerprint density at radius 1 is 1.50 bits per heavy atom. The predicted octanol–water partition coefficient (Wildman–Crippen LogP) is 1.64. The Labute approximate surface area is 85.1 Å². The van der Waals surface area contributed by atoms with E-state index in [0.717, 1.165) is 25.2 Å². The molecule has 0 saturated heterocycles. The molecule has 4 nitrogen and oxygen atoms in total. The molecule has 0 aliphatic rings. The van der Waals surface area contributed by atoms with Crippen molar-refractivity contribution < 1.29 is 4.52 Å². The largest absolute Gasteiger partial charge is 0.343 e. The molecular weight excluding hydrogens is 178 g/mol. The monoisotopic (exact) mass is 197 g/mol. The Morgan fingerprint density at radius 3 is 2.79 bits per heavy atom. The summed E-state index contributed by atoms with van der Waals surface area (Å²) < 4.78 is 4.66. The minimum Gasteiger partial charge on any atom is -0.343 e. The number of nitrogens with one attached hydrogen (secondary N) is 1. The minimum atomic E-state index is 0.585. The lowest BCUT2D eigenvalue weighted by atomic mass is 10.0. The smallest absolute Gasteiger partial charge is 0.213 e. The fraction of sp³-hybridized carbons (Fsp3) is 0.800. The number of aromatic nitrogens is 2. The molecular formula is C10H19N3O. The highest BCUT2D eigenvalue weighted by molar-refractivity contribution is 4.80. The molecule has 0 bridgehead atoms. The van der Waals surface area contributed by atoms with Crippen LogP contribution in [0.3, 0.4) is 0 Å². The summed E-state index contributed by atoms with van der Waals surface area (Å²) in [5, 5.41) is 7.24. The highest BCUT2D eigenvalue weighted by Gasteiger charge is 2.09. The predicted molar refractivity (Wildman–Crippen MR) is 54.9 cm³/mol. The van der Waals surface area contributed by atoms with E-state index in [1.165, 1.54) is 6.39 Å². The molecule has 1 aromatic rings. The third-order valence-electron chi connectivity index (χ3n) is 2.41. The zero-order chi connectivity index (χ0) is 10.4. The fourth-order valence-corrected chi connectivity index (χ4v) is 1.52. The maximum Gasteiger partial charge on any atom is 0.213 e. The SMILES string of the molecule is CCC(NCCc1ncon1)C(C)C. The zero-order valence-electron chi connectivity index (χ0n) is 9.16. The fourth-order valence-electron chi connectivity index (χ4n) is 1.52. The molecule has 80 valence electrons. The molecule has 4 heteroatoms. The van der Waals surface area contributed by atoms with Gasteiger partial charge in [-0.2, -0.15) is 4.98 Å². The van der Waals surface area contributed by atoms with Crippen molar-refractivity contribution in [3.05, 3.63) is 12.2 Å². The highest BCUT2D eigenvalue weighted by Crippen LogP contribution is 2.04. The first-order valence-corrected chi connectivity index (χ1v) is 5.22. The van der Waals surface area contributed by atoms with E-state index in [1.807, 2.05) is 0 Å². The van der Waals surface area contributed by atoms with Gasteiger partial charge in [-0.1, -0.05) is 25.9 Å². The molecule has 0 aromatic carbocycles. The summed E-state index contributed by atoms with van der Waals surface area (Å²) in [5.74, 6) is 1.45. The average Bonchev–Trinajstić information content (AvgIpc) is 2.64. The molecule has 0 aliphatic heterocycles. The molecule has 1 atom stereocenters. The summed E-state index contributed by atoms with van der Waals surface area (Å²) in [6.07, 6.45) is 3.36. The normalized spacial score (nSPS) is 13.4. The molecule has 0 amide bonds. The lowest BCUT2D eigenvalue weighted by molar-refractivity contribution is 0.384. The molecule has 1 heterocycles. The van der Waals surface area contributed by atoms with Gasteiger partial charge >= 0.3 is 0 Å². The summed E-state index contributed by atoms with van der Waals surface area (Å²) in [6, 6.07) is 0.585. The third kappa shape index (κ3) is 3.46. The zero-order valence-corrected chi connectivity index (χ0v) is 9.16. The molecule has 0 fully saturated rings. The standard InChI is InChI=1S/C10H19N3O/c1-4-9(8(2)3)11-6-5-10-12-7-14-13-10/h7-9,11H,4-6H2,1-3H3. The van der Waals surface area contributed by atoms with Crippen molar-refractivity contribution >= 4 is 0 Å². The van der Waals surface area contributed by atoms with Gasteiger partial charge in [0.15, 0.2) is 5.82 Å². The van der Waals surface area contributed by atoms with Crippen LogP contribution < -0.4 is 5.32 Å². The first-order valence-electron chi connectivity index (χ1n) is 5.22. The first-order chi connectivity index (χ1) is 6.74. The van der Waals surface area contributed by atoms with Crippen LogP contribution >= 0.6 is 0 Å². The van der Waals surface area contributed by atoms with Crippen LogP contribution in [-0.4, -0.2) is 22.7 Å². The van der Waals surface area contributed by atoms with Crippen LogP contribution in [0.4, 0.5) is 0 Å². The second-order valence-electron chi connectivity index (χ2n) is 3.81. The third-order valence-corrected chi connectivity index (χ3v) is 2.41. The van der Waals surface area contributed by atoms with Gasteiger partial charge in [0, 0.05) is 19.0 Å². The van der Waals surface area contributed by atoms with E-state index >= 15 is 0 Å². The summed E-state index contributed by atoms with van der Waals surface area (Å²) in [6.45, 7) is 7.58. The van der Waals surface area contributed by atoms with Crippen molar-refractivity contribution in [2.75, 3.05) is 6.54 Å². The molecule has 1 aromatic heterocycles. The van der Waals surface area contributed by atoms with Gasteiger partial charge in [0.05, 0.1) is 0 Å². The molecule has 0 spiro atoms. The number of hydrogen-bond donors (Lipinski definition) is 1. The Bertz CT molecular complexity index is 234. The van der Waals surface area contributed by atoms with E-state index in [4.69, 9.17) is 0 Å². The van der Waals surface area contributed by atoms with E-state index in [2.05, 4.69) is 40.8 Å². The van der Waals surface area contributed by atoms with Crippen LogP contribution in [-0.2, 0) is 6.42 Å². The van der Waals surface area contributed by atoms with E-state index in [9.17, 15) is 0 Å². The topological polar surface area (TPSA) is 51.0 Å². The number of hydrogen-bond acceptors (Lipinski definition) is 4. The van der Waals surface area contributed by atoms with Gasteiger partial charge in [0.2, 0.25) is 6.39 Å². The highest BCUT2D eigenvalue weighted by atomic mass is 16.5. The van der Waals surface area contributed by atoms with E-state index < -0.39 is 0 Å². The minimum absolute atomic E-state index is 0.585. The molecule has 0 saturated carbocycles. The Kier molecular flexibility index (Phi) is 4.59. The molecule has 14 heavy (non-hydrogen) atoms. The molecule has 1 unspecified atom stereocenters. The Balaban J connectivity index is 2.20. The van der Waals surface area contributed by atoms with Crippen LogP contribution in [0, 0.1) is 5.92 Å². The Hall–Kier alpha value is -0.900. The van der Waals surface area contributed by atoms with Crippen molar-refractivity contribution in [2.45, 2.75) is 39.7 Å². The van der Waals surface area contributed by atoms with Crippen molar-refractivity contribution in [2.24, 2.45) is 5.92 Å². The molecule has 0 radical (unpaired) electrons. The van der Waals surface area contributed by atoms with Crippen LogP contribution in [0.25, 0.3) is 0 Å². The maximum atomic E-state index is 4.66. The number of rotatable bonds is 6. The van der Waals surface area contributed by atoms with Gasteiger partial charge in [-0.15, -0.1) is 0 Å². The van der Waals surface area contributed by atoms with Crippen LogP contribution in [0.15, 0.2) is 10.9 Å². The van der Waals surface area contributed by atoms with E-state index in [0.29, 0.717) is 12.0 Å². The van der Waals surface area contributed by atoms with Crippen molar-refractivity contribution in [3.8, 4) is 0 Å². The van der Waals surface area contributed by atoms with Gasteiger partial charge in [-0.05, 0) is 12.3 Å². The van der Waals surface area contributed by atoms with Crippen molar-refractivity contribution in [1.29, 1.82) is 0 Å². The van der Waals surface area contributed by atoms with Gasteiger partial charge in [-0.25, -0.2) is 0 Å². The van der Waals surface area contributed by atoms with Crippen LogP contribution in [0.5, 0.6) is 0 Å². The average molecular weight is 197 g/mol. The summed E-state index contributed by atoms with van der Waals surface area (Å²) in [7, 11) is 0. The summed E-state index contributed by atoms with van der Waals surface area (Å²) in [4.78, 5) is 3.97. The molecule has 1 rings (SSSR count). The van der Waals surface area contributed by atoms with Crippen LogP contribution in [0.2, 0.25) is 0 Å². The summed E-state index contributed by atoms with van der Waals surface area (Å²) >= 11 is 0. The quantitative estimate of drug-likeness (QED) is 0.753. The lowest BCUT2D eigenvalue weighted by Gasteiger charge is -2.20. The molecule has 1 N–H and O–H groups in total. The number of nitrogens with zero attached hydrogens (tertiary/aromatic N) is 2. The maximum absolute atomic E-state index is 4.66. The van der Waals surface area contributed by atoms with Crippen molar-refractivity contribution in [3.63, 3.8) is 0 Å². The van der Waals surface area contributed by atoms with E-state index in [-0.39, 0.29) is 0 Å². The van der Waals surface area contributed by atoms with Crippen molar-refractivity contribution in [1.82, 2.24) is 15.5 Å². The summed E-state index contributed by atoms with van der Waals surface area (Å²) in [5.41, 5.74) is 0. The van der Waals surface area contributed by atoms with Crippen LogP contribution in [0.1, 0.15) is 33.0 Å². The second-order valence-corrected chi connectivity index (χ2v) is 3.81. The van der Waals surface area contributed by atoms with Gasteiger partial charge in [0.25, 0.3) is 0 Å². The molecule has 0 aliphatic carbocycles. The van der Waals surface area contributed by atoms with Gasteiger partial charge < -0.3 is 9.84 Å². The Morgan fingerprint density at radius 2 is 2.29 bits per heavy atom. The second kappa shape index (κ2) is 5.75. The first kappa shape index (κ1) is 11.2. The van der Waals surface area contributed by atoms with E-state index in [1.54, 1.807) is 0 Å². The van der Waals surface area contributed by atoms with Gasteiger partial charge in [-0.3, -0.25) is 0 Å².